The van der Waals surface area contributed by atoms with Gasteiger partial charge in [-0.15, -0.1) is 0 Å². The van der Waals surface area contributed by atoms with Crippen molar-refractivity contribution < 1.29 is 14.0 Å². The molecule has 0 aliphatic rings. The highest BCUT2D eigenvalue weighted by molar-refractivity contribution is 6.31. The van der Waals surface area contributed by atoms with Gasteiger partial charge in [0.1, 0.15) is 0 Å². The van der Waals surface area contributed by atoms with Crippen LogP contribution in [0.25, 0.3) is 22.8 Å². The number of hydrogen-bond acceptors (Lipinski definition) is 4. The van der Waals surface area contributed by atoms with Crippen LogP contribution in [0.15, 0.2) is 83.4 Å². The molecule has 0 spiro atoms. The second-order valence-electron chi connectivity index (χ2n) is 7.08. The van der Waals surface area contributed by atoms with E-state index in [1.54, 1.807) is 48.7 Å². The number of benzene rings is 3. The normalized spacial score (nSPS) is 10.6. The number of rotatable bonds is 6. The van der Waals surface area contributed by atoms with Gasteiger partial charge in [-0.05, 0) is 36.8 Å². The molecule has 0 atom stereocenters. The van der Waals surface area contributed by atoms with Crippen LogP contribution in [0.4, 0.5) is 5.69 Å². The van der Waals surface area contributed by atoms with Gasteiger partial charge in [0.05, 0.1) is 18.3 Å². The predicted molar refractivity (Wildman–Crippen MR) is 125 cm³/mol. The summed E-state index contributed by atoms with van der Waals surface area (Å²) in [4.78, 5) is 29.5. The molecule has 1 heterocycles. The molecule has 0 unspecified atom stereocenters. The quantitative estimate of drug-likeness (QED) is 0.419. The average molecular weight is 446 g/mol. The topological polar surface area (TPSA) is 84.2 Å². The summed E-state index contributed by atoms with van der Waals surface area (Å²) in [6.07, 6.45) is 1.63. The van der Waals surface area contributed by atoms with Gasteiger partial charge < -0.3 is 15.1 Å². The smallest absolute Gasteiger partial charge is 0.252 e. The third kappa shape index (κ3) is 4.71. The molecular weight excluding hydrogens is 426 g/mol. The number of nitrogens with one attached hydrogen (secondary N) is 2. The van der Waals surface area contributed by atoms with E-state index < -0.39 is 5.91 Å². The van der Waals surface area contributed by atoms with E-state index >= 15 is 0 Å². The summed E-state index contributed by atoms with van der Waals surface area (Å²) in [7, 11) is 0. The Morgan fingerprint density at radius 2 is 1.72 bits per heavy atom. The van der Waals surface area contributed by atoms with Gasteiger partial charge in [-0.25, -0.2) is 4.98 Å². The fraction of sp³-hybridized carbons (Fsp3) is 0.0800. The first-order chi connectivity index (χ1) is 15.5. The highest BCUT2D eigenvalue weighted by Crippen LogP contribution is 2.28. The molecule has 6 nitrogen and oxygen atoms in total. The fourth-order valence-corrected chi connectivity index (χ4v) is 3.37. The maximum Gasteiger partial charge on any atom is 0.252 e. The Bertz CT molecular complexity index is 1270. The number of carbonyl (C=O) groups is 2. The van der Waals surface area contributed by atoms with Crippen molar-refractivity contribution in [3.63, 3.8) is 0 Å². The van der Waals surface area contributed by atoms with E-state index in [1.165, 1.54) is 0 Å². The first-order valence-corrected chi connectivity index (χ1v) is 10.3. The van der Waals surface area contributed by atoms with Crippen LogP contribution in [0.3, 0.4) is 0 Å². The molecule has 4 rings (SSSR count). The minimum Gasteiger partial charge on any atom is -0.436 e. The summed E-state index contributed by atoms with van der Waals surface area (Å²) in [5.41, 5.74) is 3.16. The number of nitrogens with zero attached hydrogens (tertiary/aromatic N) is 1. The van der Waals surface area contributed by atoms with E-state index in [4.69, 9.17) is 16.0 Å². The zero-order valence-electron chi connectivity index (χ0n) is 17.3. The second-order valence-corrected chi connectivity index (χ2v) is 7.49. The van der Waals surface area contributed by atoms with Gasteiger partial charge >= 0.3 is 0 Å². The van der Waals surface area contributed by atoms with Crippen LogP contribution in [-0.4, -0.2) is 23.3 Å². The first-order valence-electron chi connectivity index (χ1n) is 9.97. The zero-order valence-corrected chi connectivity index (χ0v) is 18.0. The van der Waals surface area contributed by atoms with E-state index in [0.717, 1.165) is 11.1 Å². The summed E-state index contributed by atoms with van der Waals surface area (Å²) in [5, 5.41) is 5.96. The molecule has 0 saturated carbocycles. The Morgan fingerprint density at radius 3 is 2.53 bits per heavy atom. The lowest BCUT2D eigenvalue weighted by Gasteiger charge is -2.11. The van der Waals surface area contributed by atoms with Crippen molar-refractivity contribution >= 4 is 29.1 Å². The van der Waals surface area contributed by atoms with Gasteiger partial charge in [0.25, 0.3) is 5.91 Å². The van der Waals surface area contributed by atoms with Crippen molar-refractivity contribution in [1.82, 2.24) is 10.3 Å². The lowest BCUT2D eigenvalue weighted by molar-refractivity contribution is -0.115. The molecular formula is C25H20ClN3O3. The predicted octanol–water partition coefficient (Wildman–Crippen LogP) is 5.34. The maximum atomic E-state index is 12.8. The standard InChI is InChI=1S/C25H20ClN3O3/c1-16-20(26)12-7-13-21(16)29-23(30)15-27-24(31)18-10-5-6-11-19(18)25-28-14-22(32-25)17-8-3-2-4-9-17/h2-14H,15H2,1H3,(H,27,31)(H,29,30). The van der Waals surface area contributed by atoms with E-state index in [1.807, 2.05) is 37.3 Å². The molecule has 0 bridgehead atoms. The van der Waals surface area contributed by atoms with Gasteiger partial charge in [-0.2, -0.15) is 0 Å². The molecule has 32 heavy (non-hydrogen) atoms. The molecule has 2 amide bonds. The monoisotopic (exact) mass is 445 g/mol. The van der Waals surface area contributed by atoms with Crippen LogP contribution in [0, 0.1) is 6.92 Å². The molecule has 1 aromatic heterocycles. The minimum atomic E-state index is -0.405. The zero-order chi connectivity index (χ0) is 22.5. The Labute approximate surface area is 190 Å². The lowest BCUT2D eigenvalue weighted by Crippen LogP contribution is -2.33. The summed E-state index contributed by atoms with van der Waals surface area (Å²) in [6.45, 7) is 1.62. The molecule has 0 fully saturated rings. The summed E-state index contributed by atoms with van der Waals surface area (Å²) < 4.78 is 5.89. The average Bonchev–Trinajstić information content (AvgIpc) is 3.31. The fourth-order valence-electron chi connectivity index (χ4n) is 3.20. The number of aromatic nitrogens is 1. The third-order valence-electron chi connectivity index (χ3n) is 4.92. The molecule has 3 aromatic carbocycles. The van der Waals surface area contributed by atoms with Crippen LogP contribution in [-0.2, 0) is 4.79 Å². The Balaban J connectivity index is 1.47. The highest BCUT2D eigenvalue weighted by atomic mass is 35.5. The molecule has 4 aromatic rings. The van der Waals surface area contributed by atoms with Gasteiger partial charge in [0, 0.05) is 21.8 Å². The van der Waals surface area contributed by atoms with Crippen LogP contribution in [0.2, 0.25) is 5.02 Å². The van der Waals surface area contributed by atoms with Crippen LogP contribution < -0.4 is 10.6 Å². The van der Waals surface area contributed by atoms with E-state index in [2.05, 4.69) is 15.6 Å². The van der Waals surface area contributed by atoms with Gasteiger partial charge in [-0.1, -0.05) is 60.1 Å². The van der Waals surface area contributed by atoms with Crippen LogP contribution in [0.5, 0.6) is 0 Å². The van der Waals surface area contributed by atoms with Crippen molar-refractivity contribution in [2.45, 2.75) is 6.92 Å². The van der Waals surface area contributed by atoms with Crippen molar-refractivity contribution in [3.05, 3.63) is 95.1 Å². The number of halogens is 1. The van der Waals surface area contributed by atoms with Crippen molar-refractivity contribution in [2.24, 2.45) is 0 Å². The van der Waals surface area contributed by atoms with E-state index in [0.29, 0.717) is 33.5 Å². The van der Waals surface area contributed by atoms with Gasteiger partial charge in [0.15, 0.2) is 5.76 Å². The Hall–Kier alpha value is -3.90. The van der Waals surface area contributed by atoms with Crippen LogP contribution in [0.1, 0.15) is 15.9 Å². The van der Waals surface area contributed by atoms with Crippen molar-refractivity contribution in [3.8, 4) is 22.8 Å². The molecule has 2 N–H and O–H groups in total. The lowest BCUT2D eigenvalue weighted by atomic mass is 10.1. The summed E-state index contributed by atoms with van der Waals surface area (Å²) in [5.74, 6) is 0.169. The molecule has 0 radical (unpaired) electrons. The molecule has 0 aliphatic carbocycles. The molecule has 7 heteroatoms. The van der Waals surface area contributed by atoms with Gasteiger partial charge in [0.2, 0.25) is 11.8 Å². The second kappa shape index (κ2) is 9.49. The number of carbonyl (C=O) groups excluding carboxylic acids is 2. The SMILES string of the molecule is Cc1c(Cl)cccc1NC(=O)CNC(=O)c1ccccc1-c1ncc(-c2ccccc2)o1. The largest absolute Gasteiger partial charge is 0.436 e. The number of amides is 2. The van der Waals surface area contributed by atoms with Crippen molar-refractivity contribution in [1.29, 1.82) is 0 Å². The minimum absolute atomic E-state index is 0.194. The van der Waals surface area contributed by atoms with Crippen molar-refractivity contribution in [2.75, 3.05) is 11.9 Å². The maximum absolute atomic E-state index is 12.8. The van der Waals surface area contributed by atoms with Crippen LogP contribution >= 0.6 is 11.6 Å². The van der Waals surface area contributed by atoms with E-state index in [9.17, 15) is 9.59 Å². The highest BCUT2D eigenvalue weighted by Gasteiger charge is 2.17. The molecule has 0 aliphatic heterocycles. The van der Waals surface area contributed by atoms with E-state index in [-0.39, 0.29) is 12.5 Å². The number of oxazole rings is 1. The number of hydrogen-bond donors (Lipinski definition) is 2. The third-order valence-corrected chi connectivity index (χ3v) is 5.33. The van der Waals surface area contributed by atoms with Gasteiger partial charge in [-0.3, -0.25) is 9.59 Å². The molecule has 0 saturated heterocycles. The first kappa shape index (κ1) is 21.3. The molecule has 160 valence electrons. The number of anilines is 1. The summed E-state index contributed by atoms with van der Waals surface area (Å²) >= 11 is 6.09. The Kier molecular flexibility index (Phi) is 6.33. The Morgan fingerprint density at radius 1 is 0.969 bits per heavy atom. The summed E-state index contributed by atoms with van der Waals surface area (Å²) in [6, 6.07) is 21.8.